The minimum atomic E-state index is -0.213. The number of benzene rings is 2. The predicted octanol–water partition coefficient (Wildman–Crippen LogP) is 3.82. The lowest BCUT2D eigenvalue weighted by Crippen LogP contribution is -2.07. The lowest BCUT2D eigenvalue weighted by molar-refractivity contribution is -0.111. The van der Waals surface area contributed by atoms with Crippen molar-refractivity contribution in [3.05, 3.63) is 72.9 Å². The fourth-order valence-corrected chi connectivity index (χ4v) is 2.56. The van der Waals surface area contributed by atoms with E-state index >= 15 is 0 Å². The summed E-state index contributed by atoms with van der Waals surface area (Å²) in [7, 11) is 1.67. The summed E-state index contributed by atoms with van der Waals surface area (Å²) in [6, 6.07) is 15.9. The van der Waals surface area contributed by atoms with Crippen LogP contribution in [-0.4, -0.2) is 17.6 Å². The second kappa shape index (κ2) is 6.40. The van der Waals surface area contributed by atoms with E-state index < -0.39 is 0 Å². The quantitative estimate of drug-likeness (QED) is 0.728. The van der Waals surface area contributed by atoms with Crippen LogP contribution >= 0.6 is 0 Å². The summed E-state index contributed by atoms with van der Waals surface area (Å²) in [6.07, 6.45) is 3.31. The highest BCUT2D eigenvalue weighted by molar-refractivity contribution is 6.00. The molecule has 1 N–H and O–H groups in total. The molecule has 4 nitrogen and oxygen atoms in total. The SMILES string of the molecule is C=CC(=O)Nc1ccc2ccn(Cc3cccc(OC)c3)c2c1. The minimum absolute atomic E-state index is 0.213. The fourth-order valence-electron chi connectivity index (χ4n) is 2.56. The van der Waals surface area contributed by atoms with E-state index in [1.54, 1.807) is 7.11 Å². The monoisotopic (exact) mass is 306 g/mol. The molecule has 3 aromatic rings. The zero-order valence-corrected chi connectivity index (χ0v) is 13.0. The third kappa shape index (κ3) is 3.26. The van der Waals surface area contributed by atoms with Gasteiger partial charge < -0.3 is 14.6 Å². The van der Waals surface area contributed by atoms with Crippen LogP contribution in [0.15, 0.2) is 67.4 Å². The molecule has 23 heavy (non-hydrogen) atoms. The third-order valence-corrected chi connectivity index (χ3v) is 3.71. The van der Waals surface area contributed by atoms with E-state index in [2.05, 4.69) is 28.6 Å². The first-order chi connectivity index (χ1) is 11.2. The Kier molecular flexibility index (Phi) is 4.15. The highest BCUT2D eigenvalue weighted by atomic mass is 16.5. The summed E-state index contributed by atoms with van der Waals surface area (Å²) in [5, 5.41) is 3.92. The van der Waals surface area contributed by atoms with Crippen LogP contribution in [0.25, 0.3) is 10.9 Å². The molecule has 0 spiro atoms. The first kappa shape index (κ1) is 14.9. The Morgan fingerprint density at radius 2 is 2.13 bits per heavy atom. The zero-order valence-electron chi connectivity index (χ0n) is 13.0. The lowest BCUT2D eigenvalue weighted by atomic mass is 10.2. The van der Waals surface area contributed by atoms with Crippen molar-refractivity contribution in [2.75, 3.05) is 12.4 Å². The van der Waals surface area contributed by atoms with Crippen molar-refractivity contribution < 1.29 is 9.53 Å². The molecule has 116 valence electrons. The van der Waals surface area contributed by atoms with Crippen LogP contribution in [-0.2, 0) is 11.3 Å². The van der Waals surface area contributed by atoms with Crippen LogP contribution in [0.1, 0.15) is 5.56 Å². The van der Waals surface area contributed by atoms with Gasteiger partial charge in [0, 0.05) is 18.4 Å². The van der Waals surface area contributed by atoms with Crippen molar-refractivity contribution in [2.45, 2.75) is 6.54 Å². The molecule has 0 atom stereocenters. The number of rotatable bonds is 5. The summed E-state index contributed by atoms with van der Waals surface area (Å²) in [5.41, 5.74) is 2.98. The molecule has 0 radical (unpaired) electrons. The van der Waals surface area contributed by atoms with E-state index in [1.165, 1.54) is 6.08 Å². The molecule has 1 aromatic heterocycles. The van der Waals surface area contributed by atoms with Crippen molar-refractivity contribution in [1.29, 1.82) is 0 Å². The Bertz CT molecular complexity index is 865. The van der Waals surface area contributed by atoms with Gasteiger partial charge in [0.25, 0.3) is 0 Å². The number of nitrogens with one attached hydrogen (secondary N) is 1. The number of aromatic nitrogens is 1. The van der Waals surface area contributed by atoms with Crippen LogP contribution in [0.4, 0.5) is 5.69 Å². The molecule has 3 rings (SSSR count). The third-order valence-electron chi connectivity index (χ3n) is 3.71. The van der Waals surface area contributed by atoms with Crippen molar-refractivity contribution in [1.82, 2.24) is 4.57 Å². The highest BCUT2D eigenvalue weighted by Crippen LogP contribution is 2.22. The number of hydrogen-bond donors (Lipinski definition) is 1. The van der Waals surface area contributed by atoms with Gasteiger partial charge in [-0.3, -0.25) is 4.79 Å². The average Bonchev–Trinajstić information content (AvgIpc) is 2.97. The number of nitrogens with zero attached hydrogens (tertiary/aromatic N) is 1. The lowest BCUT2D eigenvalue weighted by Gasteiger charge is -2.09. The molecule has 2 aromatic carbocycles. The Labute approximate surface area is 135 Å². The standard InChI is InChI=1S/C19H18N2O2/c1-3-19(22)20-16-8-7-15-9-10-21(18(15)12-16)13-14-5-4-6-17(11-14)23-2/h3-12H,1,13H2,2H3,(H,20,22). The number of ether oxygens (including phenoxy) is 1. The van der Waals surface area contributed by atoms with Crippen molar-refractivity contribution in [3.8, 4) is 5.75 Å². The molecule has 0 unspecified atom stereocenters. The van der Waals surface area contributed by atoms with Gasteiger partial charge >= 0.3 is 0 Å². The van der Waals surface area contributed by atoms with Crippen molar-refractivity contribution in [2.24, 2.45) is 0 Å². The second-order valence-corrected chi connectivity index (χ2v) is 5.26. The Balaban J connectivity index is 1.92. The van der Waals surface area contributed by atoms with Crippen molar-refractivity contribution in [3.63, 3.8) is 0 Å². The molecule has 0 aliphatic carbocycles. The van der Waals surface area contributed by atoms with Crippen molar-refractivity contribution >= 4 is 22.5 Å². The van der Waals surface area contributed by atoms with Gasteiger partial charge in [0.05, 0.1) is 12.6 Å². The molecule has 0 aliphatic rings. The van der Waals surface area contributed by atoms with Gasteiger partial charge in [0.15, 0.2) is 0 Å². The first-order valence-electron chi connectivity index (χ1n) is 7.35. The Morgan fingerprint density at radius 1 is 1.26 bits per heavy atom. The highest BCUT2D eigenvalue weighted by Gasteiger charge is 2.05. The number of amides is 1. The largest absolute Gasteiger partial charge is 0.497 e. The number of carbonyl (C=O) groups is 1. The number of hydrogen-bond acceptors (Lipinski definition) is 2. The molecule has 0 saturated heterocycles. The maximum absolute atomic E-state index is 11.5. The first-order valence-corrected chi connectivity index (χ1v) is 7.35. The van der Waals surface area contributed by atoms with E-state index in [0.717, 1.165) is 34.4 Å². The number of carbonyl (C=O) groups excluding carboxylic acids is 1. The summed E-state index contributed by atoms with van der Waals surface area (Å²) < 4.78 is 7.42. The summed E-state index contributed by atoms with van der Waals surface area (Å²) in [5.74, 6) is 0.633. The molecule has 1 heterocycles. The normalized spacial score (nSPS) is 10.5. The Morgan fingerprint density at radius 3 is 2.91 bits per heavy atom. The van der Waals surface area contributed by atoms with Gasteiger partial charge in [-0.25, -0.2) is 0 Å². The molecular weight excluding hydrogens is 288 g/mol. The van der Waals surface area contributed by atoms with E-state index in [0.29, 0.717) is 0 Å². The fraction of sp³-hybridized carbons (Fsp3) is 0.105. The van der Waals surface area contributed by atoms with Gasteiger partial charge in [0.2, 0.25) is 5.91 Å². The van der Waals surface area contributed by atoms with Crippen LogP contribution in [0, 0.1) is 0 Å². The Hall–Kier alpha value is -3.01. The van der Waals surface area contributed by atoms with E-state index in [-0.39, 0.29) is 5.91 Å². The van der Waals surface area contributed by atoms with Gasteiger partial charge in [-0.15, -0.1) is 0 Å². The zero-order chi connectivity index (χ0) is 16.2. The molecule has 0 saturated carbocycles. The second-order valence-electron chi connectivity index (χ2n) is 5.26. The van der Waals surface area contributed by atoms with Gasteiger partial charge in [-0.1, -0.05) is 24.8 Å². The number of methoxy groups -OCH3 is 1. The van der Waals surface area contributed by atoms with Crippen LogP contribution < -0.4 is 10.1 Å². The summed E-state index contributed by atoms with van der Waals surface area (Å²) >= 11 is 0. The topological polar surface area (TPSA) is 43.3 Å². The van der Waals surface area contributed by atoms with E-state index in [9.17, 15) is 4.79 Å². The molecule has 4 heteroatoms. The molecule has 0 aliphatic heterocycles. The van der Waals surface area contributed by atoms with Gasteiger partial charge in [-0.05, 0) is 47.4 Å². The number of anilines is 1. The predicted molar refractivity (Wildman–Crippen MR) is 92.9 cm³/mol. The maximum atomic E-state index is 11.5. The van der Waals surface area contributed by atoms with E-state index in [4.69, 9.17) is 4.74 Å². The molecular formula is C19H18N2O2. The van der Waals surface area contributed by atoms with Crippen LogP contribution in [0.2, 0.25) is 0 Å². The van der Waals surface area contributed by atoms with Crippen LogP contribution in [0.5, 0.6) is 5.75 Å². The van der Waals surface area contributed by atoms with Gasteiger partial charge in [0.1, 0.15) is 5.75 Å². The maximum Gasteiger partial charge on any atom is 0.247 e. The minimum Gasteiger partial charge on any atom is -0.497 e. The average molecular weight is 306 g/mol. The smallest absolute Gasteiger partial charge is 0.247 e. The summed E-state index contributed by atoms with van der Waals surface area (Å²) in [6.45, 7) is 4.21. The van der Waals surface area contributed by atoms with E-state index in [1.807, 2.05) is 42.6 Å². The van der Waals surface area contributed by atoms with Crippen LogP contribution in [0.3, 0.4) is 0 Å². The van der Waals surface area contributed by atoms with Gasteiger partial charge in [-0.2, -0.15) is 0 Å². The molecule has 0 bridgehead atoms. The molecule has 0 fully saturated rings. The molecule has 1 amide bonds. The summed E-state index contributed by atoms with van der Waals surface area (Å²) in [4.78, 5) is 11.5. The number of fused-ring (bicyclic) bond motifs is 1.